The highest BCUT2D eigenvalue weighted by molar-refractivity contribution is 7.91. The van der Waals surface area contributed by atoms with E-state index in [4.69, 9.17) is 0 Å². The molecule has 0 radical (unpaired) electrons. The standard InChI is InChI=1S/C18H18F2N2O3S/c19-13-8-14(20)10-15(9-13)21-11-18(23)22(16-4-2-1-3-5-16)17-6-7-26(24,25)12-17/h1-5,8-10,17,21H,6-7,11-12H2/t17-/m0/s1. The summed E-state index contributed by atoms with van der Waals surface area (Å²) in [5.74, 6) is -1.93. The molecule has 2 aromatic rings. The number of anilines is 2. The molecule has 1 heterocycles. The van der Waals surface area contributed by atoms with Gasteiger partial charge in [-0.15, -0.1) is 0 Å². The van der Waals surface area contributed by atoms with Gasteiger partial charge in [-0.3, -0.25) is 4.79 Å². The maximum absolute atomic E-state index is 13.3. The molecule has 1 aliphatic heterocycles. The molecule has 1 saturated heterocycles. The molecule has 5 nitrogen and oxygen atoms in total. The fourth-order valence-electron chi connectivity index (χ4n) is 3.04. The van der Waals surface area contributed by atoms with E-state index in [1.165, 1.54) is 4.90 Å². The molecule has 138 valence electrons. The first kappa shape index (κ1) is 18.3. The van der Waals surface area contributed by atoms with Gasteiger partial charge in [-0.2, -0.15) is 0 Å². The highest BCUT2D eigenvalue weighted by atomic mass is 32.2. The highest BCUT2D eigenvalue weighted by Crippen LogP contribution is 2.24. The topological polar surface area (TPSA) is 66.5 Å². The van der Waals surface area contributed by atoms with E-state index in [1.54, 1.807) is 30.3 Å². The van der Waals surface area contributed by atoms with Crippen LogP contribution in [0.2, 0.25) is 0 Å². The molecule has 0 bridgehead atoms. The second-order valence-corrected chi connectivity index (χ2v) is 8.40. The summed E-state index contributed by atoms with van der Waals surface area (Å²) in [5, 5.41) is 2.70. The van der Waals surface area contributed by atoms with Crippen molar-refractivity contribution in [2.24, 2.45) is 0 Å². The summed E-state index contributed by atoms with van der Waals surface area (Å²) < 4.78 is 50.2. The Morgan fingerprint density at radius 3 is 2.35 bits per heavy atom. The van der Waals surface area contributed by atoms with E-state index < -0.39 is 27.5 Å². The molecule has 1 aliphatic rings. The van der Waals surface area contributed by atoms with Gasteiger partial charge in [0.25, 0.3) is 0 Å². The zero-order chi connectivity index (χ0) is 18.7. The van der Waals surface area contributed by atoms with Gasteiger partial charge in [0.2, 0.25) is 5.91 Å². The minimum absolute atomic E-state index is 0.0385. The molecule has 1 fully saturated rings. The van der Waals surface area contributed by atoms with E-state index in [2.05, 4.69) is 5.32 Å². The molecule has 8 heteroatoms. The van der Waals surface area contributed by atoms with Crippen LogP contribution in [0, 0.1) is 11.6 Å². The summed E-state index contributed by atoms with van der Waals surface area (Å²) in [7, 11) is -3.17. The summed E-state index contributed by atoms with van der Waals surface area (Å²) in [6.45, 7) is -0.214. The van der Waals surface area contributed by atoms with Gasteiger partial charge in [0.05, 0.1) is 24.1 Å². The second-order valence-electron chi connectivity index (χ2n) is 6.17. The van der Waals surface area contributed by atoms with Crippen molar-refractivity contribution in [1.82, 2.24) is 0 Å². The maximum atomic E-state index is 13.3. The third-order valence-corrected chi connectivity index (χ3v) is 5.93. The lowest BCUT2D eigenvalue weighted by molar-refractivity contribution is -0.117. The maximum Gasteiger partial charge on any atom is 0.246 e. The largest absolute Gasteiger partial charge is 0.376 e. The molecule has 0 aromatic heterocycles. The number of nitrogens with one attached hydrogen (secondary N) is 1. The van der Waals surface area contributed by atoms with Crippen molar-refractivity contribution in [3.63, 3.8) is 0 Å². The average molecular weight is 380 g/mol. The fourth-order valence-corrected chi connectivity index (χ4v) is 4.74. The van der Waals surface area contributed by atoms with E-state index in [-0.39, 0.29) is 29.6 Å². The predicted molar refractivity (Wildman–Crippen MR) is 95.8 cm³/mol. The summed E-state index contributed by atoms with van der Waals surface area (Å²) in [6, 6.07) is 11.2. The summed E-state index contributed by atoms with van der Waals surface area (Å²) in [6.07, 6.45) is 0.359. The van der Waals surface area contributed by atoms with Gasteiger partial charge in [0.15, 0.2) is 9.84 Å². The van der Waals surface area contributed by atoms with E-state index >= 15 is 0 Å². The summed E-state index contributed by atoms with van der Waals surface area (Å²) in [5.41, 5.74) is 0.731. The van der Waals surface area contributed by atoms with Gasteiger partial charge in [-0.1, -0.05) is 18.2 Å². The van der Waals surface area contributed by atoms with E-state index in [0.29, 0.717) is 12.1 Å². The Kier molecular flexibility index (Phi) is 5.22. The van der Waals surface area contributed by atoms with Crippen molar-refractivity contribution in [1.29, 1.82) is 0 Å². The molecular formula is C18H18F2N2O3S. The lowest BCUT2D eigenvalue weighted by Crippen LogP contribution is -2.44. The smallest absolute Gasteiger partial charge is 0.246 e. The Hall–Kier alpha value is -2.48. The number of rotatable bonds is 5. The molecular weight excluding hydrogens is 362 g/mol. The van der Waals surface area contributed by atoms with E-state index in [0.717, 1.165) is 18.2 Å². The predicted octanol–water partition coefficient (Wildman–Crippen LogP) is 2.60. The first-order valence-corrected chi connectivity index (χ1v) is 9.94. The normalized spacial score (nSPS) is 18.5. The third kappa shape index (κ3) is 4.37. The third-order valence-electron chi connectivity index (χ3n) is 4.18. The first-order chi connectivity index (χ1) is 12.3. The van der Waals surface area contributed by atoms with E-state index in [1.807, 2.05) is 0 Å². The number of hydrogen-bond acceptors (Lipinski definition) is 4. The van der Waals surface area contributed by atoms with Gasteiger partial charge in [0.1, 0.15) is 11.6 Å². The van der Waals surface area contributed by atoms with Crippen LogP contribution in [-0.4, -0.2) is 38.4 Å². The second kappa shape index (κ2) is 7.41. The Bertz CT molecular complexity index is 884. The number of carbonyl (C=O) groups is 1. The molecule has 0 aliphatic carbocycles. The van der Waals surface area contributed by atoms with Gasteiger partial charge in [-0.05, 0) is 30.7 Å². The number of hydrogen-bond donors (Lipinski definition) is 1. The number of sulfone groups is 1. The van der Waals surface area contributed by atoms with Gasteiger partial charge in [-0.25, -0.2) is 17.2 Å². The van der Waals surface area contributed by atoms with Crippen molar-refractivity contribution in [3.05, 3.63) is 60.2 Å². The van der Waals surface area contributed by atoms with Crippen LogP contribution >= 0.6 is 0 Å². The van der Waals surface area contributed by atoms with Crippen LogP contribution in [-0.2, 0) is 14.6 Å². The van der Waals surface area contributed by atoms with Crippen LogP contribution in [0.1, 0.15) is 6.42 Å². The molecule has 1 atom stereocenters. The Morgan fingerprint density at radius 1 is 1.12 bits per heavy atom. The number of benzene rings is 2. The van der Waals surface area contributed by atoms with Crippen LogP contribution in [0.15, 0.2) is 48.5 Å². The van der Waals surface area contributed by atoms with Crippen LogP contribution in [0.5, 0.6) is 0 Å². The van der Waals surface area contributed by atoms with Crippen LogP contribution < -0.4 is 10.2 Å². The molecule has 1 N–H and O–H groups in total. The molecule has 0 saturated carbocycles. The van der Waals surface area contributed by atoms with Gasteiger partial charge < -0.3 is 10.2 Å². The Morgan fingerprint density at radius 2 is 1.77 bits per heavy atom. The van der Waals surface area contributed by atoms with Gasteiger partial charge >= 0.3 is 0 Å². The number of amides is 1. The first-order valence-electron chi connectivity index (χ1n) is 8.11. The monoisotopic (exact) mass is 380 g/mol. The molecule has 3 rings (SSSR count). The molecule has 1 amide bonds. The minimum atomic E-state index is -3.17. The van der Waals surface area contributed by atoms with E-state index in [9.17, 15) is 22.0 Å². The molecule has 0 spiro atoms. The zero-order valence-electron chi connectivity index (χ0n) is 13.9. The van der Waals surface area contributed by atoms with Crippen molar-refractivity contribution in [2.45, 2.75) is 12.5 Å². The van der Waals surface area contributed by atoms with Crippen molar-refractivity contribution >= 4 is 27.1 Å². The summed E-state index contributed by atoms with van der Waals surface area (Å²) >= 11 is 0. The number of nitrogens with zero attached hydrogens (tertiary/aromatic N) is 1. The van der Waals surface area contributed by atoms with Gasteiger partial charge in [0, 0.05) is 17.4 Å². The quantitative estimate of drug-likeness (QED) is 0.866. The molecule has 26 heavy (non-hydrogen) atoms. The zero-order valence-corrected chi connectivity index (χ0v) is 14.7. The van der Waals surface area contributed by atoms with Crippen molar-refractivity contribution in [2.75, 3.05) is 28.3 Å². The SMILES string of the molecule is O=C(CNc1cc(F)cc(F)c1)N(c1ccccc1)[C@H]1CCS(=O)(=O)C1. The summed E-state index contributed by atoms with van der Waals surface area (Å²) in [4.78, 5) is 14.2. The highest BCUT2D eigenvalue weighted by Gasteiger charge is 2.35. The molecule has 2 aromatic carbocycles. The fraction of sp³-hybridized carbons (Fsp3) is 0.278. The Labute approximate surface area is 150 Å². The minimum Gasteiger partial charge on any atom is -0.376 e. The van der Waals surface area contributed by atoms with Crippen LogP contribution in [0.25, 0.3) is 0 Å². The van der Waals surface area contributed by atoms with Crippen molar-refractivity contribution in [3.8, 4) is 0 Å². The number of para-hydroxylation sites is 1. The Balaban J connectivity index is 1.79. The number of halogens is 2. The lowest BCUT2D eigenvalue weighted by atomic mass is 10.1. The van der Waals surface area contributed by atoms with Crippen LogP contribution in [0.3, 0.4) is 0 Å². The van der Waals surface area contributed by atoms with Crippen molar-refractivity contribution < 1.29 is 22.0 Å². The van der Waals surface area contributed by atoms with Crippen LogP contribution in [0.4, 0.5) is 20.2 Å². The lowest BCUT2D eigenvalue weighted by Gasteiger charge is -2.28. The molecule has 0 unspecified atom stereocenters. The average Bonchev–Trinajstić information content (AvgIpc) is 2.93. The number of carbonyl (C=O) groups excluding carboxylic acids is 1.